The number of amides is 2. The molecule has 33 heavy (non-hydrogen) atoms. The lowest BCUT2D eigenvalue weighted by molar-refractivity contribution is -0.116. The second-order valence-electron chi connectivity index (χ2n) is 9.51. The average molecular weight is 450 g/mol. The van der Waals surface area contributed by atoms with Crippen LogP contribution >= 0.6 is 0 Å². The van der Waals surface area contributed by atoms with E-state index >= 15 is 0 Å². The minimum Gasteiger partial charge on any atom is -0.348 e. The second-order valence-corrected chi connectivity index (χ2v) is 9.51. The third kappa shape index (κ3) is 7.16. The van der Waals surface area contributed by atoms with Crippen LogP contribution in [0.15, 0.2) is 42.5 Å². The molecular weight excluding hydrogens is 410 g/mol. The first-order valence-electron chi connectivity index (χ1n) is 12.3. The van der Waals surface area contributed by atoms with Crippen molar-refractivity contribution in [3.05, 3.63) is 64.7 Å². The van der Waals surface area contributed by atoms with E-state index in [4.69, 9.17) is 0 Å². The first kappa shape index (κ1) is 25.0. The molecule has 1 aliphatic rings. The second kappa shape index (κ2) is 12.0. The zero-order valence-electron chi connectivity index (χ0n) is 20.7. The van der Waals surface area contributed by atoms with Crippen LogP contribution in [0.5, 0.6) is 0 Å². The van der Waals surface area contributed by atoms with Crippen LogP contribution in [0, 0.1) is 6.92 Å². The molecule has 2 amide bonds. The Balaban J connectivity index is 1.87. The monoisotopic (exact) mass is 449 g/mol. The maximum atomic E-state index is 13.0. The molecule has 0 spiro atoms. The van der Waals surface area contributed by atoms with Gasteiger partial charge in [0.2, 0.25) is 5.91 Å². The molecule has 3 rings (SSSR count). The summed E-state index contributed by atoms with van der Waals surface area (Å²) in [4.78, 5) is 29.8. The minimum atomic E-state index is -0.0880. The summed E-state index contributed by atoms with van der Waals surface area (Å²) in [6.07, 6.45) is 5.76. The Morgan fingerprint density at radius 1 is 0.939 bits per heavy atom. The van der Waals surface area contributed by atoms with Gasteiger partial charge >= 0.3 is 0 Å². The summed E-state index contributed by atoms with van der Waals surface area (Å²) >= 11 is 0. The molecule has 1 aliphatic heterocycles. The third-order valence-corrected chi connectivity index (χ3v) is 6.52. The van der Waals surface area contributed by atoms with Gasteiger partial charge in [-0.15, -0.1) is 0 Å². The lowest BCUT2D eigenvalue weighted by atomic mass is 10.0. The van der Waals surface area contributed by atoms with Gasteiger partial charge in [-0.2, -0.15) is 0 Å². The molecule has 0 atom stereocenters. The summed E-state index contributed by atoms with van der Waals surface area (Å²) in [5, 5.41) is 3.04. The van der Waals surface area contributed by atoms with Crippen LogP contribution in [0.3, 0.4) is 0 Å². The van der Waals surface area contributed by atoms with Crippen molar-refractivity contribution in [2.45, 2.75) is 78.9 Å². The zero-order chi connectivity index (χ0) is 23.8. The van der Waals surface area contributed by atoms with Crippen molar-refractivity contribution in [3.8, 4) is 0 Å². The van der Waals surface area contributed by atoms with Gasteiger partial charge in [-0.05, 0) is 69.5 Å². The van der Waals surface area contributed by atoms with Crippen molar-refractivity contribution in [1.29, 1.82) is 0 Å². The summed E-state index contributed by atoms with van der Waals surface area (Å²) in [7, 11) is 0. The maximum absolute atomic E-state index is 13.0. The molecule has 0 unspecified atom stereocenters. The van der Waals surface area contributed by atoms with E-state index in [1.807, 2.05) is 35.2 Å². The van der Waals surface area contributed by atoms with Gasteiger partial charge in [0, 0.05) is 43.9 Å². The number of hydrogen-bond acceptors (Lipinski definition) is 3. The number of rotatable bonds is 4. The van der Waals surface area contributed by atoms with Crippen LogP contribution < -0.4 is 10.2 Å². The zero-order valence-corrected chi connectivity index (χ0v) is 20.7. The molecule has 0 radical (unpaired) electrons. The van der Waals surface area contributed by atoms with Crippen molar-refractivity contribution >= 4 is 17.5 Å². The number of hydrogen-bond donors (Lipinski definition) is 1. The van der Waals surface area contributed by atoms with Crippen molar-refractivity contribution in [2.75, 3.05) is 18.0 Å². The van der Waals surface area contributed by atoms with Gasteiger partial charge in [0.15, 0.2) is 0 Å². The fourth-order valence-corrected chi connectivity index (χ4v) is 4.41. The van der Waals surface area contributed by atoms with Crippen molar-refractivity contribution in [3.63, 3.8) is 0 Å². The molecule has 0 saturated heterocycles. The lowest BCUT2D eigenvalue weighted by Gasteiger charge is -2.31. The molecule has 0 aromatic heterocycles. The maximum Gasteiger partial charge on any atom is 0.251 e. The fourth-order valence-electron chi connectivity index (χ4n) is 4.41. The van der Waals surface area contributed by atoms with E-state index in [1.54, 1.807) is 6.92 Å². The summed E-state index contributed by atoms with van der Waals surface area (Å²) in [5.74, 6) is -0.0315. The molecule has 1 N–H and O–H groups in total. The largest absolute Gasteiger partial charge is 0.348 e. The number of nitrogens with one attached hydrogen (secondary N) is 1. The van der Waals surface area contributed by atoms with Gasteiger partial charge in [-0.25, -0.2) is 0 Å². The lowest BCUT2D eigenvalue weighted by Crippen LogP contribution is -2.35. The van der Waals surface area contributed by atoms with Crippen LogP contribution in [-0.2, 0) is 17.9 Å². The highest BCUT2D eigenvalue weighted by Gasteiger charge is 2.21. The quantitative estimate of drug-likeness (QED) is 0.675. The smallest absolute Gasteiger partial charge is 0.251 e. The fraction of sp³-hybridized carbons (Fsp3) is 0.500. The molecule has 0 fully saturated rings. The Hall–Kier alpha value is -2.66. The number of benzene rings is 2. The highest BCUT2D eigenvalue weighted by molar-refractivity contribution is 5.97. The third-order valence-electron chi connectivity index (χ3n) is 6.52. The number of carbonyl (C=O) groups excluding carboxylic acids is 2. The first-order chi connectivity index (χ1) is 15.8. The molecular formula is C28H39N3O2. The van der Waals surface area contributed by atoms with E-state index < -0.39 is 0 Å². The van der Waals surface area contributed by atoms with E-state index in [1.165, 1.54) is 24.8 Å². The normalized spacial score (nSPS) is 16.0. The molecule has 0 saturated carbocycles. The van der Waals surface area contributed by atoms with Gasteiger partial charge < -0.3 is 10.2 Å². The molecule has 0 aliphatic carbocycles. The number of nitrogens with zero attached hydrogens (tertiary/aromatic N) is 2. The van der Waals surface area contributed by atoms with E-state index in [-0.39, 0.29) is 11.8 Å². The van der Waals surface area contributed by atoms with Crippen molar-refractivity contribution in [1.82, 2.24) is 10.2 Å². The standard InChI is InChI=1S/C28H39N3O2/c1-21(2)30-16-8-6-5-7-9-17-31(23(4)32)27-15-14-25(18-26(27)20-30)28(33)29-19-24-12-10-22(3)11-13-24/h10-15,18,21H,5-9,16-17,19-20H2,1-4H3,(H,29,33). The summed E-state index contributed by atoms with van der Waals surface area (Å²) < 4.78 is 0. The Labute approximate surface area is 199 Å². The molecule has 2 aromatic carbocycles. The number of anilines is 1. The number of fused-ring (bicyclic) bond motifs is 1. The molecule has 178 valence electrons. The summed E-state index contributed by atoms with van der Waals surface area (Å²) in [6, 6.07) is 14.4. The highest BCUT2D eigenvalue weighted by Crippen LogP contribution is 2.26. The van der Waals surface area contributed by atoms with Gasteiger partial charge in [0.05, 0.1) is 0 Å². The van der Waals surface area contributed by atoms with Crippen LogP contribution in [0.1, 0.15) is 79.9 Å². The Bertz CT molecular complexity index is 937. The first-order valence-corrected chi connectivity index (χ1v) is 12.3. The molecule has 0 bridgehead atoms. The SMILES string of the molecule is CC(=O)N1CCCCCCCN(C(C)C)Cc2cc(C(=O)NCc3ccc(C)cc3)ccc21. The summed E-state index contributed by atoms with van der Waals surface area (Å²) in [6.45, 7) is 11.1. The molecule has 2 aromatic rings. The summed E-state index contributed by atoms with van der Waals surface area (Å²) in [5.41, 5.74) is 4.90. The Morgan fingerprint density at radius 2 is 1.61 bits per heavy atom. The van der Waals surface area contributed by atoms with Crippen LogP contribution in [-0.4, -0.2) is 35.8 Å². The van der Waals surface area contributed by atoms with Gasteiger partial charge in [0.25, 0.3) is 5.91 Å². The van der Waals surface area contributed by atoms with E-state index in [0.29, 0.717) is 18.2 Å². The number of carbonyl (C=O) groups is 2. The molecule has 5 nitrogen and oxygen atoms in total. The number of aryl methyl sites for hydroxylation is 1. The van der Waals surface area contributed by atoms with Gasteiger partial charge in [0.1, 0.15) is 0 Å². The minimum absolute atomic E-state index is 0.0565. The van der Waals surface area contributed by atoms with Crippen molar-refractivity contribution < 1.29 is 9.59 Å². The van der Waals surface area contributed by atoms with E-state index in [0.717, 1.165) is 49.3 Å². The topological polar surface area (TPSA) is 52.7 Å². The Kier molecular flexibility index (Phi) is 9.07. The highest BCUT2D eigenvalue weighted by atomic mass is 16.2. The van der Waals surface area contributed by atoms with Gasteiger partial charge in [-0.3, -0.25) is 14.5 Å². The Morgan fingerprint density at radius 3 is 2.27 bits per heavy atom. The predicted molar refractivity (Wildman–Crippen MR) is 135 cm³/mol. The van der Waals surface area contributed by atoms with Crippen molar-refractivity contribution in [2.24, 2.45) is 0 Å². The van der Waals surface area contributed by atoms with E-state index in [2.05, 4.69) is 43.1 Å². The molecule has 5 heteroatoms. The van der Waals surface area contributed by atoms with Crippen LogP contribution in [0.2, 0.25) is 0 Å². The van der Waals surface area contributed by atoms with Gasteiger partial charge in [-0.1, -0.05) is 49.1 Å². The average Bonchev–Trinajstić information content (AvgIpc) is 2.78. The van der Waals surface area contributed by atoms with Crippen LogP contribution in [0.25, 0.3) is 0 Å². The predicted octanol–water partition coefficient (Wildman–Crippen LogP) is 5.45. The molecule has 1 heterocycles. The van der Waals surface area contributed by atoms with E-state index in [9.17, 15) is 9.59 Å². The van der Waals surface area contributed by atoms with Crippen LogP contribution in [0.4, 0.5) is 5.69 Å².